The van der Waals surface area contributed by atoms with E-state index in [2.05, 4.69) is 9.97 Å². The zero-order valence-electron chi connectivity index (χ0n) is 5.52. The molecule has 0 fully saturated rings. The van der Waals surface area contributed by atoms with E-state index >= 15 is 0 Å². The predicted molar refractivity (Wildman–Crippen MR) is 43.7 cm³/mol. The molecule has 0 aliphatic rings. The molecule has 0 aliphatic heterocycles. The van der Waals surface area contributed by atoms with E-state index in [1.807, 2.05) is 6.07 Å². The van der Waals surface area contributed by atoms with Gasteiger partial charge in [0, 0.05) is 6.20 Å². The van der Waals surface area contributed by atoms with Gasteiger partial charge in [-0.3, -0.25) is 4.79 Å². The zero-order valence-corrected chi connectivity index (χ0v) is 6.34. The summed E-state index contributed by atoms with van der Waals surface area (Å²) in [6.45, 7) is 0. The van der Waals surface area contributed by atoms with Gasteiger partial charge in [0.1, 0.15) is 0 Å². The fourth-order valence-electron chi connectivity index (χ4n) is 0.807. The Balaban J connectivity index is 2.94. The lowest BCUT2D eigenvalue weighted by atomic mass is 10.5. The summed E-state index contributed by atoms with van der Waals surface area (Å²) in [6, 6.07) is 3.63. The van der Waals surface area contributed by atoms with Crippen LogP contribution in [-0.4, -0.2) is 9.97 Å². The quantitative estimate of drug-likeness (QED) is 0.584. The lowest BCUT2D eigenvalue weighted by Crippen LogP contribution is -1.93. The molecule has 2 heterocycles. The summed E-state index contributed by atoms with van der Waals surface area (Å²) in [5, 5.41) is 0. The third kappa shape index (κ3) is 1.12. The molecular formula is C7H4N2OS. The summed E-state index contributed by atoms with van der Waals surface area (Å²) in [6.07, 6.45) is 2.95. The van der Waals surface area contributed by atoms with Crippen LogP contribution in [0, 0.1) is 0 Å². The molecule has 0 bridgehead atoms. The van der Waals surface area contributed by atoms with E-state index in [1.165, 1.54) is 6.20 Å². The van der Waals surface area contributed by atoms with Crippen molar-refractivity contribution in [3.05, 3.63) is 34.1 Å². The highest BCUT2D eigenvalue weighted by atomic mass is 32.1. The second kappa shape index (κ2) is 2.39. The second-order valence-electron chi connectivity index (χ2n) is 2.00. The molecule has 2 rings (SSSR count). The molecule has 0 amide bonds. The molecule has 0 saturated carbocycles. The molecule has 0 spiro atoms. The van der Waals surface area contributed by atoms with Crippen molar-refractivity contribution in [1.29, 1.82) is 0 Å². The van der Waals surface area contributed by atoms with Gasteiger partial charge in [-0.15, -0.1) is 0 Å². The molecule has 0 saturated heterocycles. The van der Waals surface area contributed by atoms with Crippen LogP contribution >= 0.6 is 11.3 Å². The van der Waals surface area contributed by atoms with Crippen LogP contribution in [0.5, 0.6) is 0 Å². The minimum absolute atomic E-state index is 0.0366. The third-order valence-corrected chi connectivity index (χ3v) is 2.10. The van der Waals surface area contributed by atoms with Crippen LogP contribution in [0.3, 0.4) is 0 Å². The van der Waals surface area contributed by atoms with Crippen molar-refractivity contribution >= 4 is 21.7 Å². The topological polar surface area (TPSA) is 42.9 Å². The van der Waals surface area contributed by atoms with Gasteiger partial charge in [-0.25, -0.2) is 9.97 Å². The summed E-state index contributed by atoms with van der Waals surface area (Å²) in [5.74, 6) is 0. The van der Waals surface area contributed by atoms with E-state index in [4.69, 9.17) is 0 Å². The van der Waals surface area contributed by atoms with Gasteiger partial charge >= 0.3 is 0 Å². The van der Waals surface area contributed by atoms with Crippen LogP contribution in [0.1, 0.15) is 0 Å². The summed E-state index contributed by atoms with van der Waals surface area (Å²) in [7, 11) is 0. The van der Waals surface area contributed by atoms with E-state index in [0.29, 0.717) is 5.65 Å². The summed E-state index contributed by atoms with van der Waals surface area (Å²) < 4.78 is 0.797. The number of rotatable bonds is 0. The molecule has 2 aromatic heterocycles. The summed E-state index contributed by atoms with van der Waals surface area (Å²) in [5.41, 5.74) is 0.636. The van der Waals surface area contributed by atoms with Gasteiger partial charge < -0.3 is 0 Å². The highest BCUT2D eigenvalue weighted by Crippen LogP contribution is 2.07. The molecule has 4 heteroatoms. The Bertz CT molecular complexity index is 437. The molecule has 11 heavy (non-hydrogen) atoms. The zero-order chi connectivity index (χ0) is 7.68. The van der Waals surface area contributed by atoms with E-state index < -0.39 is 0 Å². The molecule has 54 valence electrons. The van der Waals surface area contributed by atoms with Crippen molar-refractivity contribution in [2.24, 2.45) is 0 Å². The van der Waals surface area contributed by atoms with Crippen LogP contribution in [0.4, 0.5) is 0 Å². The minimum atomic E-state index is -0.0366. The Labute approximate surface area is 66.4 Å². The Hall–Kier alpha value is -1.29. The molecule has 0 radical (unpaired) electrons. The van der Waals surface area contributed by atoms with E-state index in [1.54, 1.807) is 12.3 Å². The maximum Gasteiger partial charge on any atom is 0.251 e. The summed E-state index contributed by atoms with van der Waals surface area (Å²) >= 11 is 1.16. The first kappa shape index (κ1) is 6.42. The van der Waals surface area contributed by atoms with Gasteiger partial charge in [-0.05, 0) is 12.1 Å². The maximum atomic E-state index is 10.8. The standard InChI is InChI=1S/C7H4N2OS/c10-6-4-9-7-5(11-6)2-1-3-8-7/h1-4H. The number of fused-ring (bicyclic) bond motifs is 1. The van der Waals surface area contributed by atoms with Gasteiger partial charge in [0.25, 0.3) is 4.74 Å². The van der Waals surface area contributed by atoms with Gasteiger partial charge in [0.05, 0.1) is 10.9 Å². The molecule has 0 N–H and O–H groups in total. The smallest absolute Gasteiger partial charge is 0.251 e. The van der Waals surface area contributed by atoms with E-state index in [9.17, 15) is 4.79 Å². The SMILES string of the molecule is O=c1cnc2ncccc2s1. The molecule has 2 aromatic rings. The lowest BCUT2D eigenvalue weighted by Gasteiger charge is -1.89. The average molecular weight is 164 g/mol. The van der Waals surface area contributed by atoms with E-state index in [0.717, 1.165) is 16.0 Å². The van der Waals surface area contributed by atoms with Gasteiger partial charge in [0.2, 0.25) is 0 Å². The van der Waals surface area contributed by atoms with Crippen molar-refractivity contribution in [1.82, 2.24) is 9.97 Å². The van der Waals surface area contributed by atoms with Crippen molar-refractivity contribution in [3.63, 3.8) is 0 Å². The number of aromatic nitrogens is 2. The molecule has 3 nitrogen and oxygen atoms in total. The largest absolute Gasteiger partial charge is 0.276 e. The van der Waals surface area contributed by atoms with Crippen molar-refractivity contribution in [2.75, 3.05) is 0 Å². The number of hydrogen-bond acceptors (Lipinski definition) is 4. The summed E-state index contributed by atoms with van der Waals surface area (Å²) in [4.78, 5) is 18.7. The Morgan fingerprint density at radius 3 is 3.18 bits per heavy atom. The predicted octanol–water partition coefficient (Wildman–Crippen LogP) is 1.05. The van der Waals surface area contributed by atoms with Crippen LogP contribution in [0.15, 0.2) is 29.3 Å². The first-order valence-electron chi connectivity index (χ1n) is 3.07. The van der Waals surface area contributed by atoms with Crippen molar-refractivity contribution < 1.29 is 0 Å². The Morgan fingerprint density at radius 1 is 1.36 bits per heavy atom. The average Bonchev–Trinajstić information content (AvgIpc) is 2.04. The Kier molecular flexibility index (Phi) is 1.40. The van der Waals surface area contributed by atoms with Crippen LogP contribution < -0.4 is 4.74 Å². The van der Waals surface area contributed by atoms with Crippen LogP contribution in [-0.2, 0) is 0 Å². The van der Waals surface area contributed by atoms with Gasteiger partial charge in [-0.1, -0.05) is 11.3 Å². The maximum absolute atomic E-state index is 10.8. The van der Waals surface area contributed by atoms with Crippen LogP contribution in [0.25, 0.3) is 10.3 Å². The first-order chi connectivity index (χ1) is 5.36. The Morgan fingerprint density at radius 2 is 2.27 bits per heavy atom. The molecule has 0 aliphatic carbocycles. The van der Waals surface area contributed by atoms with E-state index in [-0.39, 0.29) is 4.74 Å². The molecule has 0 atom stereocenters. The third-order valence-electron chi connectivity index (χ3n) is 1.25. The normalized spacial score (nSPS) is 10.2. The molecule has 0 aromatic carbocycles. The number of pyridine rings is 1. The number of nitrogens with zero attached hydrogens (tertiary/aromatic N) is 2. The lowest BCUT2D eigenvalue weighted by molar-refractivity contribution is 1.29. The number of hydrogen-bond donors (Lipinski definition) is 0. The second-order valence-corrected chi connectivity index (χ2v) is 3.05. The highest BCUT2D eigenvalue weighted by molar-refractivity contribution is 7.16. The first-order valence-corrected chi connectivity index (χ1v) is 3.89. The van der Waals surface area contributed by atoms with Crippen molar-refractivity contribution in [3.8, 4) is 0 Å². The monoisotopic (exact) mass is 164 g/mol. The van der Waals surface area contributed by atoms with Gasteiger partial charge in [-0.2, -0.15) is 0 Å². The fraction of sp³-hybridized carbons (Fsp3) is 0. The van der Waals surface area contributed by atoms with Crippen molar-refractivity contribution in [2.45, 2.75) is 0 Å². The van der Waals surface area contributed by atoms with Crippen LogP contribution in [0.2, 0.25) is 0 Å². The van der Waals surface area contributed by atoms with Gasteiger partial charge in [0.15, 0.2) is 5.65 Å². The molecule has 0 unspecified atom stereocenters. The highest BCUT2D eigenvalue weighted by Gasteiger charge is 1.93. The fourth-order valence-corrected chi connectivity index (χ4v) is 1.47. The minimum Gasteiger partial charge on any atom is -0.276 e. The molecular weight excluding hydrogens is 160 g/mol.